The van der Waals surface area contributed by atoms with E-state index in [4.69, 9.17) is 4.89 Å². The maximum atomic E-state index is 10.4. The average Bonchev–Trinajstić information content (AvgIpc) is 2.10. The molecular weight excluding hydrogens is 183 g/mol. The highest BCUT2D eigenvalue weighted by Crippen LogP contribution is 2.21. The zero-order valence-electron chi connectivity index (χ0n) is 8.83. The van der Waals surface area contributed by atoms with E-state index >= 15 is 0 Å². The predicted molar refractivity (Wildman–Crippen MR) is 57.2 cm³/mol. The third kappa shape index (κ3) is 8.39. The van der Waals surface area contributed by atoms with Crippen LogP contribution in [0.3, 0.4) is 0 Å². The van der Waals surface area contributed by atoms with Crippen LogP contribution in [0.5, 0.6) is 0 Å². The summed E-state index contributed by atoms with van der Waals surface area (Å²) in [4.78, 5) is 8.59. The molecule has 3 heteroatoms. The molecule has 2 atom stereocenters. The second-order valence-corrected chi connectivity index (χ2v) is 4.79. The molecule has 0 saturated carbocycles. The van der Waals surface area contributed by atoms with Crippen molar-refractivity contribution in [2.24, 2.45) is 5.92 Å². The van der Waals surface area contributed by atoms with Crippen LogP contribution in [0.1, 0.15) is 52.4 Å². The van der Waals surface area contributed by atoms with Gasteiger partial charge in [0.2, 0.25) is 0 Å². The van der Waals surface area contributed by atoms with Crippen LogP contribution in [-0.4, -0.2) is 11.1 Å². The zero-order chi connectivity index (χ0) is 10.1. The van der Waals surface area contributed by atoms with E-state index in [1.807, 2.05) is 0 Å². The van der Waals surface area contributed by atoms with Crippen molar-refractivity contribution in [2.75, 3.05) is 6.16 Å². The zero-order valence-corrected chi connectivity index (χ0v) is 9.72. The van der Waals surface area contributed by atoms with Crippen molar-refractivity contribution in [3.63, 3.8) is 0 Å². The molecule has 2 nitrogen and oxygen atoms in total. The van der Waals surface area contributed by atoms with Crippen molar-refractivity contribution < 1.29 is 9.46 Å². The van der Waals surface area contributed by atoms with Crippen molar-refractivity contribution in [3.05, 3.63) is 0 Å². The number of unbranched alkanes of at least 4 members (excludes halogenated alkanes) is 1. The molecule has 0 radical (unpaired) electrons. The van der Waals surface area contributed by atoms with Gasteiger partial charge >= 0.3 is 8.03 Å². The lowest BCUT2D eigenvalue weighted by Crippen LogP contribution is -1.98. The Hall–Kier alpha value is 0.0600. The van der Waals surface area contributed by atoms with Gasteiger partial charge in [0.25, 0.3) is 0 Å². The van der Waals surface area contributed by atoms with E-state index in [2.05, 4.69) is 13.8 Å². The van der Waals surface area contributed by atoms with Gasteiger partial charge < -0.3 is 0 Å². The van der Waals surface area contributed by atoms with E-state index in [0.717, 1.165) is 18.8 Å². The molecular formula is C10H22O2P+. The summed E-state index contributed by atoms with van der Waals surface area (Å²) < 4.78 is 10.4. The summed E-state index contributed by atoms with van der Waals surface area (Å²) in [6.45, 7) is 4.44. The van der Waals surface area contributed by atoms with Gasteiger partial charge in [0.1, 0.15) is 0 Å². The first-order chi connectivity index (χ1) is 6.20. The Morgan fingerprint density at radius 3 is 2.38 bits per heavy atom. The summed E-state index contributed by atoms with van der Waals surface area (Å²) >= 11 is 0. The summed E-state index contributed by atoms with van der Waals surface area (Å²) in [5.41, 5.74) is 0. The summed E-state index contributed by atoms with van der Waals surface area (Å²) in [6, 6.07) is 0. The van der Waals surface area contributed by atoms with Gasteiger partial charge in [-0.25, -0.2) is 0 Å². The van der Waals surface area contributed by atoms with Gasteiger partial charge in [0.15, 0.2) is 6.16 Å². The van der Waals surface area contributed by atoms with E-state index < -0.39 is 8.03 Å². The highest BCUT2D eigenvalue weighted by Gasteiger charge is 2.10. The molecule has 2 unspecified atom stereocenters. The molecule has 78 valence electrons. The fourth-order valence-corrected chi connectivity index (χ4v) is 2.14. The van der Waals surface area contributed by atoms with Crippen molar-refractivity contribution in [3.8, 4) is 0 Å². The minimum atomic E-state index is -1.89. The number of rotatable bonds is 8. The van der Waals surface area contributed by atoms with Gasteiger partial charge in [-0.1, -0.05) is 39.5 Å². The molecule has 0 spiro atoms. The second kappa shape index (κ2) is 8.65. The van der Waals surface area contributed by atoms with Crippen LogP contribution in [0.2, 0.25) is 0 Å². The molecule has 0 rings (SSSR count). The van der Waals surface area contributed by atoms with Gasteiger partial charge in [0, 0.05) is 0 Å². The maximum Gasteiger partial charge on any atom is 0.505 e. The molecule has 1 N–H and O–H groups in total. The van der Waals surface area contributed by atoms with E-state index in [1.54, 1.807) is 0 Å². The molecule has 0 aromatic heterocycles. The number of hydrogen-bond acceptors (Lipinski definition) is 1. The molecule has 0 bridgehead atoms. The lowest BCUT2D eigenvalue weighted by atomic mass is 9.95. The van der Waals surface area contributed by atoms with Crippen LogP contribution >= 0.6 is 8.03 Å². The smallest absolute Gasteiger partial charge is 0.161 e. The molecule has 0 heterocycles. The fraction of sp³-hybridized carbons (Fsp3) is 1.00. The third-order valence-corrected chi connectivity index (χ3v) is 3.18. The highest BCUT2D eigenvalue weighted by atomic mass is 31.1. The standard InChI is InChI=1S/C10H21O2P/c1-3-7-10(4-2)8-5-6-9-13(11)12/h10H,3-9H2,1-2H3/p+1. The van der Waals surface area contributed by atoms with Crippen LogP contribution in [0.25, 0.3) is 0 Å². The maximum absolute atomic E-state index is 10.4. The Morgan fingerprint density at radius 2 is 1.92 bits per heavy atom. The monoisotopic (exact) mass is 205 g/mol. The molecule has 0 aromatic rings. The Labute approximate surface area is 82.6 Å². The van der Waals surface area contributed by atoms with Crippen LogP contribution in [-0.2, 0) is 4.57 Å². The van der Waals surface area contributed by atoms with E-state index in [9.17, 15) is 4.57 Å². The van der Waals surface area contributed by atoms with Crippen LogP contribution in [0.15, 0.2) is 0 Å². The SMILES string of the molecule is CCCC(CC)CCCC[P+](=O)O. The third-order valence-electron chi connectivity index (χ3n) is 2.49. The lowest BCUT2D eigenvalue weighted by molar-refractivity contribution is 0.416. The Balaban J connectivity index is 3.32. The fourth-order valence-electron chi connectivity index (χ4n) is 1.64. The van der Waals surface area contributed by atoms with E-state index in [0.29, 0.717) is 6.16 Å². The minimum Gasteiger partial charge on any atom is -0.161 e. The Bertz CT molecular complexity index is 137. The summed E-state index contributed by atoms with van der Waals surface area (Å²) in [6.07, 6.45) is 7.55. The van der Waals surface area contributed by atoms with Crippen LogP contribution < -0.4 is 0 Å². The molecule has 0 fully saturated rings. The number of hydrogen-bond donors (Lipinski definition) is 1. The molecule has 0 aliphatic heterocycles. The van der Waals surface area contributed by atoms with Gasteiger partial charge in [0.05, 0.1) is 0 Å². The van der Waals surface area contributed by atoms with E-state index in [-0.39, 0.29) is 0 Å². The minimum absolute atomic E-state index is 0.484. The van der Waals surface area contributed by atoms with Gasteiger partial charge in [-0.15, -0.1) is 0 Å². The van der Waals surface area contributed by atoms with Crippen LogP contribution in [0, 0.1) is 5.92 Å². The average molecular weight is 205 g/mol. The van der Waals surface area contributed by atoms with Crippen molar-refractivity contribution in [1.82, 2.24) is 0 Å². The Morgan fingerprint density at radius 1 is 1.23 bits per heavy atom. The van der Waals surface area contributed by atoms with E-state index in [1.165, 1.54) is 25.7 Å². The Kier molecular flexibility index (Phi) is 8.69. The topological polar surface area (TPSA) is 37.3 Å². The van der Waals surface area contributed by atoms with Gasteiger partial charge in [-0.3, -0.25) is 0 Å². The molecule has 13 heavy (non-hydrogen) atoms. The predicted octanol–water partition coefficient (Wildman–Crippen LogP) is 3.72. The van der Waals surface area contributed by atoms with Gasteiger partial charge in [-0.05, 0) is 23.3 Å². The molecule has 0 aliphatic rings. The van der Waals surface area contributed by atoms with Crippen molar-refractivity contribution in [1.29, 1.82) is 0 Å². The first-order valence-corrected chi connectivity index (χ1v) is 6.74. The first-order valence-electron chi connectivity index (χ1n) is 5.34. The van der Waals surface area contributed by atoms with Crippen molar-refractivity contribution >= 4 is 8.03 Å². The molecule has 0 aromatic carbocycles. The normalized spacial score (nSPS) is 14.2. The summed E-state index contributed by atoms with van der Waals surface area (Å²) in [5.74, 6) is 0.835. The largest absolute Gasteiger partial charge is 0.505 e. The van der Waals surface area contributed by atoms with Gasteiger partial charge in [-0.2, -0.15) is 4.89 Å². The highest BCUT2D eigenvalue weighted by molar-refractivity contribution is 7.37. The molecule has 0 amide bonds. The molecule has 0 saturated heterocycles. The van der Waals surface area contributed by atoms with Crippen LogP contribution in [0.4, 0.5) is 0 Å². The van der Waals surface area contributed by atoms with Crippen molar-refractivity contribution in [2.45, 2.75) is 52.4 Å². The molecule has 0 aliphatic carbocycles. The first kappa shape index (κ1) is 13.1. The quantitative estimate of drug-likeness (QED) is 0.484. The second-order valence-electron chi connectivity index (χ2n) is 3.63. The summed E-state index contributed by atoms with van der Waals surface area (Å²) in [5, 5.41) is 0. The summed E-state index contributed by atoms with van der Waals surface area (Å²) in [7, 11) is -1.89. The lowest BCUT2D eigenvalue weighted by Gasteiger charge is -2.11.